The van der Waals surface area contributed by atoms with E-state index in [0.717, 1.165) is 29.5 Å². The third kappa shape index (κ3) is 4.36. The molecule has 0 saturated carbocycles. The van der Waals surface area contributed by atoms with Crippen molar-refractivity contribution in [3.05, 3.63) is 41.4 Å². The number of pyridine rings is 1. The molecule has 0 aliphatic rings. The molecule has 0 bridgehead atoms. The van der Waals surface area contributed by atoms with Crippen molar-refractivity contribution in [3.8, 4) is 0 Å². The summed E-state index contributed by atoms with van der Waals surface area (Å²) < 4.78 is 0. The number of rotatable bonds is 6. The second kappa shape index (κ2) is 7.31. The summed E-state index contributed by atoms with van der Waals surface area (Å²) in [6.45, 7) is 3.02. The molecule has 0 radical (unpaired) electrons. The van der Waals surface area contributed by atoms with Crippen LogP contribution in [0.2, 0.25) is 5.02 Å². The van der Waals surface area contributed by atoms with Crippen LogP contribution < -0.4 is 5.32 Å². The molecular weight excluding hydrogens is 280 g/mol. The zero-order valence-electron chi connectivity index (χ0n) is 10.6. The highest BCUT2D eigenvalue weighted by Gasteiger charge is 2.03. The van der Waals surface area contributed by atoms with Crippen molar-refractivity contribution in [2.45, 2.75) is 24.1 Å². The van der Waals surface area contributed by atoms with Crippen molar-refractivity contribution < 1.29 is 0 Å². The molecule has 0 aliphatic heterocycles. The first-order chi connectivity index (χ1) is 9.29. The third-order valence-electron chi connectivity index (χ3n) is 2.34. The maximum absolute atomic E-state index is 6.04. The van der Waals surface area contributed by atoms with E-state index in [1.807, 2.05) is 12.1 Å². The number of nitrogens with one attached hydrogen (secondary N) is 1. The van der Waals surface area contributed by atoms with Gasteiger partial charge in [0.15, 0.2) is 0 Å². The van der Waals surface area contributed by atoms with Crippen LogP contribution in [0.3, 0.4) is 0 Å². The standard InChI is InChI=1S/C13H15ClN4S/c1-2-5-15-12-8-17-10(7-18-12)9-19-13-11(14)4-3-6-16-13/h3-4,6-8H,2,5,9H2,1H3,(H,15,18). The molecular formula is C13H15ClN4S. The summed E-state index contributed by atoms with van der Waals surface area (Å²) in [6, 6.07) is 3.65. The van der Waals surface area contributed by atoms with E-state index in [1.54, 1.807) is 30.4 Å². The Labute approximate surface area is 122 Å². The van der Waals surface area contributed by atoms with E-state index in [4.69, 9.17) is 11.6 Å². The van der Waals surface area contributed by atoms with Gasteiger partial charge in [-0.25, -0.2) is 9.97 Å². The number of thioether (sulfide) groups is 1. The molecule has 4 nitrogen and oxygen atoms in total. The lowest BCUT2D eigenvalue weighted by atomic mass is 10.4. The van der Waals surface area contributed by atoms with Gasteiger partial charge in [-0.2, -0.15) is 0 Å². The van der Waals surface area contributed by atoms with Gasteiger partial charge in [0.1, 0.15) is 10.8 Å². The minimum atomic E-state index is 0.668. The van der Waals surface area contributed by atoms with Crippen LogP contribution in [0.5, 0.6) is 0 Å². The molecule has 0 fully saturated rings. The SMILES string of the molecule is CCCNc1cnc(CSc2ncccc2Cl)cn1. The summed E-state index contributed by atoms with van der Waals surface area (Å²) in [5, 5.41) is 4.68. The largest absolute Gasteiger partial charge is 0.369 e. The van der Waals surface area contributed by atoms with E-state index in [9.17, 15) is 0 Å². The van der Waals surface area contributed by atoms with Crippen molar-refractivity contribution in [1.29, 1.82) is 0 Å². The van der Waals surface area contributed by atoms with Gasteiger partial charge in [0.2, 0.25) is 0 Å². The minimum Gasteiger partial charge on any atom is -0.369 e. The Morgan fingerprint density at radius 1 is 1.26 bits per heavy atom. The van der Waals surface area contributed by atoms with Crippen LogP contribution in [0, 0.1) is 0 Å². The minimum absolute atomic E-state index is 0.668. The molecule has 6 heteroatoms. The molecule has 2 aromatic heterocycles. The summed E-state index contributed by atoms with van der Waals surface area (Å²) in [4.78, 5) is 12.9. The van der Waals surface area contributed by atoms with E-state index < -0.39 is 0 Å². The van der Waals surface area contributed by atoms with Crippen molar-refractivity contribution in [3.63, 3.8) is 0 Å². The average Bonchev–Trinajstić information content (AvgIpc) is 2.45. The molecule has 0 aliphatic carbocycles. The Morgan fingerprint density at radius 3 is 2.84 bits per heavy atom. The third-order valence-corrected chi connectivity index (χ3v) is 3.80. The lowest BCUT2D eigenvalue weighted by Gasteiger charge is -2.05. The van der Waals surface area contributed by atoms with Gasteiger partial charge in [0.05, 0.1) is 23.1 Å². The number of halogens is 1. The topological polar surface area (TPSA) is 50.7 Å². The van der Waals surface area contributed by atoms with Gasteiger partial charge in [-0.05, 0) is 18.6 Å². The molecule has 0 spiro atoms. The van der Waals surface area contributed by atoms with Crippen LogP contribution in [-0.4, -0.2) is 21.5 Å². The number of anilines is 1. The highest BCUT2D eigenvalue weighted by atomic mass is 35.5. The summed E-state index contributed by atoms with van der Waals surface area (Å²) >= 11 is 7.60. The zero-order chi connectivity index (χ0) is 13.5. The zero-order valence-corrected chi connectivity index (χ0v) is 12.2. The fourth-order valence-electron chi connectivity index (χ4n) is 1.39. The highest BCUT2D eigenvalue weighted by molar-refractivity contribution is 7.98. The Morgan fingerprint density at radius 2 is 2.16 bits per heavy atom. The van der Waals surface area contributed by atoms with Gasteiger partial charge < -0.3 is 5.32 Å². The normalized spacial score (nSPS) is 10.4. The smallest absolute Gasteiger partial charge is 0.144 e. The van der Waals surface area contributed by atoms with Crippen molar-refractivity contribution in [2.24, 2.45) is 0 Å². The van der Waals surface area contributed by atoms with Crippen LogP contribution in [0.15, 0.2) is 35.7 Å². The van der Waals surface area contributed by atoms with Crippen molar-refractivity contribution in [2.75, 3.05) is 11.9 Å². The molecule has 19 heavy (non-hydrogen) atoms. The summed E-state index contributed by atoms with van der Waals surface area (Å²) in [5.41, 5.74) is 0.911. The summed E-state index contributed by atoms with van der Waals surface area (Å²) in [5.74, 6) is 1.52. The van der Waals surface area contributed by atoms with E-state index in [-0.39, 0.29) is 0 Å². The predicted molar refractivity (Wildman–Crippen MR) is 79.6 cm³/mol. The molecule has 100 valence electrons. The van der Waals surface area contributed by atoms with Crippen LogP contribution in [0.4, 0.5) is 5.82 Å². The number of hydrogen-bond acceptors (Lipinski definition) is 5. The average molecular weight is 295 g/mol. The van der Waals surface area contributed by atoms with E-state index >= 15 is 0 Å². The van der Waals surface area contributed by atoms with E-state index in [1.165, 1.54) is 0 Å². The second-order valence-corrected chi connectivity index (χ2v) is 5.27. The molecule has 0 aromatic carbocycles. The Bertz CT molecular complexity index is 518. The summed E-state index contributed by atoms with van der Waals surface area (Å²) in [6.07, 6.45) is 6.34. The predicted octanol–water partition coefficient (Wildman–Crippen LogP) is 3.64. The van der Waals surface area contributed by atoms with Gasteiger partial charge in [-0.3, -0.25) is 4.98 Å². The highest BCUT2D eigenvalue weighted by Crippen LogP contribution is 2.26. The molecule has 2 aromatic rings. The van der Waals surface area contributed by atoms with E-state index in [0.29, 0.717) is 10.8 Å². The monoisotopic (exact) mass is 294 g/mol. The van der Waals surface area contributed by atoms with Crippen molar-refractivity contribution in [1.82, 2.24) is 15.0 Å². The maximum atomic E-state index is 6.04. The Balaban J connectivity index is 1.91. The molecule has 0 saturated heterocycles. The quantitative estimate of drug-likeness (QED) is 0.824. The Kier molecular flexibility index (Phi) is 5.42. The Hall–Kier alpha value is -1.33. The fourth-order valence-corrected chi connectivity index (χ4v) is 2.45. The first-order valence-corrected chi connectivity index (χ1v) is 7.44. The van der Waals surface area contributed by atoms with Gasteiger partial charge in [0, 0.05) is 18.5 Å². The van der Waals surface area contributed by atoms with Gasteiger partial charge in [-0.15, -0.1) is 0 Å². The van der Waals surface area contributed by atoms with Crippen LogP contribution >= 0.6 is 23.4 Å². The molecule has 2 rings (SSSR count). The fraction of sp³-hybridized carbons (Fsp3) is 0.308. The van der Waals surface area contributed by atoms with Gasteiger partial charge in [0.25, 0.3) is 0 Å². The molecule has 0 atom stereocenters. The number of nitrogens with zero attached hydrogens (tertiary/aromatic N) is 3. The van der Waals surface area contributed by atoms with Crippen LogP contribution in [0.25, 0.3) is 0 Å². The number of aromatic nitrogens is 3. The second-order valence-electron chi connectivity index (χ2n) is 3.90. The van der Waals surface area contributed by atoms with Crippen molar-refractivity contribution >= 4 is 29.2 Å². The molecule has 0 amide bonds. The lowest BCUT2D eigenvalue weighted by molar-refractivity contribution is 0.960. The van der Waals surface area contributed by atoms with Crippen LogP contribution in [0.1, 0.15) is 19.0 Å². The maximum Gasteiger partial charge on any atom is 0.144 e. The molecule has 2 heterocycles. The number of hydrogen-bond donors (Lipinski definition) is 1. The van der Waals surface area contributed by atoms with Crippen LogP contribution in [-0.2, 0) is 5.75 Å². The lowest BCUT2D eigenvalue weighted by Crippen LogP contribution is -2.02. The van der Waals surface area contributed by atoms with E-state index in [2.05, 4.69) is 27.2 Å². The summed E-state index contributed by atoms with van der Waals surface area (Å²) in [7, 11) is 0. The first kappa shape index (κ1) is 14.1. The van der Waals surface area contributed by atoms with Gasteiger partial charge >= 0.3 is 0 Å². The van der Waals surface area contributed by atoms with Gasteiger partial charge in [-0.1, -0.05) is 30.3 Å². The molecule has 1 N–H and O–H groups in total. The first-order valence-electron chi connectivity index (χ1n) is 6.07. The molecule has 0 unspecified atom stereocenters.